The molecule has 0 radical (unpaired) electrons. The van der Waals surface area contributed by atoms with Crippen LogP contribution in [0.1, 0.15) is 15.9 Å². The maximum absolute atomic E-state index is 10.7. The lowest BCUT2D eigenvalue weighted by molar-refractivity contribution is 0.0697. The largest absolute Gasteiger partial charge is 0.478 e. The summed E-state index contributed by atoms with van der Waals surface area (Å²) in [6.45, 7) is 0. The van der Waals surface area contributed by atoms with Gasteiger partial charge in [-0.25, -0.2) is 4.79 Å². The fourth-order valence-corrected chi connectivity index (χ4v) is 2.12. The van der Waals surface area contributed by atoms with Crippen LogP contribution in [0.3, 0.4) is 0 Å². The lowest BCUT2D eigenvalue weighted by atomic mass is 10.1. The second-order valence-electron chi connectivity index (χ2n) is 3.71. The van der Waals surface area contributed by atoms with Gasteiger partial charge >= 0.3 is 5.97 Å². The smallest absolute Gasteiger partial charge is 0.335 e. The zero-order valence-corrected chi connectivity index (χ0v) is 10.6. The van der Waals surface area contributed by atoms with Crippen molar-refractivity contribution >= 4 is 28.6 Å². The Balaban J connectivity index is 2.13. The number of allylic oxidation sites excluding steroid dienone is 1. The van der Waals surface area contributed by atoms with Gasteiger partial charge in [0.2, 0.25) is 0 Å². The molecule has 2 aromatic rings. The Labute approximate surface area is 114 Å². The quantitative estimate of drug-likeness (QED) is 0.835. The third kappa shape index (κ3) is 3.21. The molecule has 1 aromatic carbocycles. The molecule has 2 N–H and O–H groups in total. The second-order valence-corrected chi connectivity index (χ2v) is 4.49. The number of hydrogen-bond acceptors (Lipinski definition) is 4. The highest BCUT2D eigenvalue weighted by molar-refractivity contribution is 7.08. The van der Waals surface area contributed by atoms with Crippen LogP contribution in [0.4, 0.5) is 5.69 Å². The van der Waals surface area contributed by atoms with Crippen LogP contribution in [0, 0.1) is 11.3 Å². The van der Waals surface area contributed by atoms with Gasteiger partial charge < -0.3 is 10.4 Å². The lowest BCUT2D eigenvalue weighted by Gasteiger charge is -2.02. The van der Waals surface area contributed by atoms with Gasteiger partial charge in [0, 0.05) is 17.5 Å². The van der Waals surface area contributed by atoms with Crippen LogP contribution in [0.15, 0.2) is 47.3 Å². The first kappa shape index (κ1) is 12.9. The molecule has 0 aliphatic rings. The van der Waals surface area contributed by atoms with Gasteiger partial charge in [-0.05, 0) is 41.1 Å². The third-order valence-electron chi connectivity index (χ3n) is 2.47. The average Bonchev–Trinajstić information content (AvgIpc) is 2.94. The predicted octanol–water partition coefficient (Wildman–Crippen LogP) is 3.42. The van der Waals surface area contributed by atoms with E-state index in [1.165, 1.54) is 23.5 Å². The van der Waals surface area contributed by atoms with Gasteiger partial charge in [0.05, 0.1) is 11.1 Å². The molecule has 0 aliphatic carbocycles. The van der Waals surface area contributed by atoms with Crippen LogP contribution in [-0.2, 0) is 0 Å². The van der Waals surface area contributed by atoms with E-state index in [1.54, 1.807) is 18.3 Å². The molecule has 0 saturated carbocycles. The van der Waals surface area contributed by atoms with Crippen molar-refractivity contribution in [2.75, 3.05) is 5.32 Å². The Morgan fingerprint density at radius 1 is 1.26 bits per heavy atom. The zero-order chi connectivity index (χ0) is 13.7. The van der Waals surface area contributed by atoms with Gasteiger partial charge in [-0.15, -0.1) is 0 Å². The summed E-state index contributed by atoms with van der Waals surface area (Å²) in [5, 5.41) is 24.6. The van der Waals surface area contributed by atoms with E-state index in [0.29, 0.717) is 5.57 Å². The summed E-state index contributed by atoms with van der Waals surface area (Å²) in [5.74, 6) is -0.960. The minimum absolute atomic E-state index is 0.230. The molecule has 0 aliphatic heterocycles. The molecule has 0 spiro atoms. The van der Waals surface area contributed by atoms with Crippen LogP contribution in [0.5, 0.6) is 0 Å². The Morgan fingerprint density at radius 3 is 2.53 bits per heavy atom. The van der Waals surface area contributed by atoms with Crippen molar-refractivity contribution in [3.8, 4) is 6.07 Å². The molecule has 4 nitrogen and oxygen atoms in total. The fourth-order valence-electron chi connectivity index (χ4n) is 1.46. The fraction of sp³-hybridized carbons (Fsp3) is 0. The number of carboxylic acid groups (broad SMARTS) is 1. The van der Waals surface area contributed by atoms with Crippen molar-refractivity contribution in [1.82, 2.24) is 0 Å². The molecule has 1 heterocycles. The normalized spacial score (nSPS) is 10.8. The highest BCUT2D eigenvalue weighted by atomic mass is 32.1. The molecule has 1 aromatic heterocycles. The number of thiophene rings is 1. The van der Waals surface area contributed by atoms with E-state index in [1.807, 2.05) is 16.8 Å². The molecule has 0 unspecified atom stereocenters. The molecule has 5 heteroatoms. The van der Waals surface area contributed by atoms with E-state index in [2.05, 4.69) is 11.4 Å². The number of hydrogen-bond donors (Lipinski definition) is 2. The monoisotopic (exact) mass is 270 g/mol. The second kappa shape index (κ2) is 5.85. The number of nitrogens with zero attached hydrogens (tertiary/aromatic N) is 1. The van der Waals surface area contributed by atoms with Crippen molar-refractivity contribution in [2.24, 2.45) is 0 Å². The Bertz CT molecular complexity index is 637. The van der Waals surface area contributed by atoms with Crippen molar-refractivity contribution in [2.45, 2.75) is 0 Å². The van der Waals surface area contributed by atoms with Gasteiger partial charge in [0.25, 0.3) is 0 Å². The van der Waals surface area contributed by atoms with E-state index in [4.69, 9.17) is 10.4 Å². The van der Waals surface area contributed by atoms with Crippen LogP contribution < -0.4 is 5.32 Å². The minimum atomic E-state index is -0.960. The number of aromatic carboxylic acids is 1. The van der Waals surface area contributed by atoms with Gasteiger partial charge in [0.1, 0.15) is 6.07 Å². The van der Waals surface area contributed by atoms with Crippen molar-refractivity contribution < 1.29 is 9.90 Å². The summed E-state index contributed by atoms with van der Waals surface area (Å²) in [7, 11) is 0. The minimum Gasteiger partial charge on any atom is -0.478 e. The molecule has 2 rings (SSSR count). The van der Waals surface area contributed by atoms with Crippen LogP contribution >= 0.6 is 11.3 Å². The molecule has 0 bridgehead atoms. The van der Waals surface area contributed by atoms with Gasteiger partial charge in [-0.1, -0.05) is 0 Å². The van der Waals surface area contributed by atoms with E-state index < -0.39 is 5.97 Å². The molecule has 0 amide bonds. The zero-order valence-electron chi connectivity index (χ0n) is 9.83. The molecule has 94 valence electrons. The molecular formula is C14H10N2O2S. The summed E-state index contributed by atoms with van der Waals surface area (Å²) in [4.78, 5) is 10.7. The van der Waals surface area contributed by atoms with Gasteiger partial charge in [-0.3, -0.25) is 0 Å². The van der Waals surface area contributed by atoms with E-state index in [0.717, 1.165) is 11.3 Å². The highest BCUT2D eigenvalue weighted by Gasteiger charge is 2.02. The first-order valence-electron chi connectivity index (χ1n) is 5.43. The molecular weight excluding hydrogens is 260 g/mol. The van der Waals surface area contributed by atoms with Crippen molar-refractivity contribution in [1.29, 1.82) is 5.26 Å². The Hall–Kier alpha value is -2.58. The van der Waals surface area contributed by atoms with Crippen molar-refractivity contribution in [3.63, 3.8) is 0 Å². The lowest BCUT2D eigenvalue weighted by Crippen LogP contribution is -1.96. The maximum Gasteiger partial charge on any atom is 0.335 e. The molecule has 0 saturated heterocycles. The number of anilines is 1. The molecule has 0 fully saturated rings. The SMILES string of the molecule is N#C/C(=C\Nc1ccc(C(=O)O)cc1)c1ccsc1. The number of carbonyl (C=O) groups is 1. The average molecular weight is 270 g/mol. The predicted molar refractivity (Wildman–Crippen MR) is 74.9 cm³/mol. The van der Waals surface area contributed by atoms with Crippen LogP contribution in [0.2, 0.25) is 0 Å². The molecule has 0 atom stereocenters. The van der Waals surface area contributed by atoms with Gasteiger partial charge in [-0.2, -0.15) is 16.6 Å². The van der Waals surface area contributed by atoms with E-state index in [9.17, 15) is 4.79 Å². The molecule has 19 heavy (non-hydrogen) atoms. The van der Waals surface area contributed by atoms with E-state index in [-0.39, 0.29) is 5.56 Å². The Kier molecular flexibility index (Phi) is 3.96. The Morgan fingerprint density at radius 2 is 2.00 bits per heavy atom. The number of nitrogens with one attached hydrogen (secondary N) is 1. The maximum atomic E-state index is 10.7. The number of carboxylic acids is 1. The standard InChI is InChI=1S/C14H10N2O2S/c15-7-12(11-5-6-19-9-11)8-16-13-3-1-10(2-4-13)14(17)18/h1-6,8-9,16H,(H,17,18)/b12-8+. The van der Waals surface area contributed by atoms with Crippen LogP contribution in [0.25, 0.3) is 5.57 Å². The third-order valence-corrected chi connectivity index (χ3v) is 3.15. The number of rotatable bonds is 4. The first-order valence-corrected chi connectivity index (χ1v) is 6.37. The van der Waals surface area contributed by atoms with Gasteiger partial charge in [0.15, 0.2) is 0 Å². The topological polar surface area (TPSA) is 73.1 Å². The first-order chi connectivity index (χ1) is 9.20. The summed E-state index contributed by atoms with van der Waals surface area (Å²) in [6.07, 6.45) is 1.61. The highest BCUT2D eigenvalue weighted by Crippen LogP contribution is 2.17. The summed E-state index contributed by atoms with van der Waals surface area (Å²) < 4.78 is 0. The van der Waals surface area contributed by atoms with E-state index >= 15 is 0 Å². The number of nitriles is 1. The number of benzene rings is 1. The van der Waals surface area contributed by atoms with Crippen LogP contribution in [-0.4, -0.2) is 11.1 Å². The summed E-state index contributed by atoms with van der Waals surface area (Å²) in [6, 6.07) is 10.3. The summed E-state index contributed by atoms with van der Waals surface area (Å²) >= 11 is 1.53. The summed E-state index contributed by atoms with van der Waals surface area (Å²) in [5.41, 5.74) is 2.35. The van der Waals surface area contributed by atoms with Crippen molar-refractivity contribution in [3.05, 3.63) is 58.4 Å².